The Morgan fingerprint density at radius 3 is 2.64 bits per heavy atom. The number of carbonyl (C=O) groups excluding carboxylic acids is 1. The van der Waals surface area contributed by atoms with Gasteiger partial charge < -0.3 is 19.6 Å². The molecule has 2 aliphatic rings. The zero-order valence-corrected chi connectivity index (χ0v) is 22.0. The number of sulfonamides is 1. The average molecular weight is 517 g/mol. The number of β-amino-alcohol motifs (C(OH)–C–C–N with tert-alkyl or cyclic N) is 1. The summed E-state index contributed by atoms with van der Waals surface area (Å²) in [6, 6.07) is 10.5. The average Bonchev–Trinajstić information content (AvgIpc) is 2.86. The van der Waals surface area contributed by atoms with Crippen molar-refractivity contribution >= 4 is 15.9 Å². The maximum atomic E-state index is 13.1. The molecule has 3 heterocycles. The Morgan fingerprint density at radius 2 is 1.97 bits per heavy atom. The Hall–Kier alpha value is -2.53. The number of aliphatic hydroxyl groups is 1. The van der Waals surface area contributed by atoms with Gasteiger partial charge in [-0.05, 0) is 55.6 Å². The number of carbonyl (C=O) groups is 1. The molecule has 2 aromatic rings. The summed E-state index contributed by atoms with van der Waals surface area (Å²) >= 11 is 0. The number of fused-ring (bicyclic) bond motifs is 1. The molecule has 1 atom stereocenters. The largest absolute Gasteiger partial charge is 0.492 e. The molecule has 0 saturated carbocycles. The Labute approximate surface area is 213 Å². The first-order chi connectivity index (χ1) is 17.1. The van der Waals surface area contributed by atoms with Crippen LogP contribution in [0.3, 0.4) is 0 Å². The van der Waals surface area contributed by atoms with E-state index in [1.807, 2.05) is 30.7 Å². The van der Waals surface area contributed by atoms with Crippen LogP contribution in [0.4, 0.5) is 0 Å². The van der Waals surface area contributed by atoms with E-state index in [1.165, 1.54) is 0 Å². The molecule has 10 heteroatoms. The maximum absolute atomic E-state index is 13.1. The van der Waals surface area contributed by atoms with Gasteiger partial charge >= 0.3 is 0 Å². The second-order valence-electron chi connectivity index (χ2n) is 10.4. The summed E-state index contributed by atoms with van der Waals surface area (Å²) in [6.07, 6.45) is 2.14. The van der Waals surface area contributed by atoms with Crippen molar-refractivity contribution in [2.45, 2.75) is 43.6 Å². The van der Waals surface area contributed by atoms with Crippen molar-refractivity contribution in [1.29, 1.82) is 0 Å². The van der Waals surface area contributed by atoms with Gasteiger partial charge in [0.15, 0.2) is 0 Å². The molecule has 1 amide bonds. The third kappa shape index (κ3) is 6.05. The molecule has 1 aromatic carbocycles. The lowest BCUT2D eigenvalue weighted by Gasteiger charge is -2.44. The van der Waals surface area contributed by atoms with Gasteiger partial charge in [0.1, 0.15) is 16.3 Å². The van der Waals surface area contributed by atoms with Crippen molar-refractivity contribution in [3.8, 4) is 5.75 Å². The number of amides is 1. The number of benzene rings is 1. The summed E-state index contributed by atoms with van der Waals surface area (Å²) in [5, 5.41) is 10.5. The van der Waals surface area contributed by atoms with Gasteiger partial charge in [0, 0.05) is 44.3 Å². The van der Waals surface area contributed by atoms with Gasteiger partial charge in [0.2, 0.25) is 10.0 Å². The van der Waals surface area contributed by atoms with Crippen molar-refractivity contribution < 1.29 is 23.1 Å². The highest BCUT2D eigenvalue weighted by Crippen LogP contribution is 2.36. The monoisotopic (exact) mass is 516 g/mol. The number of ether oxygens (including phenoxy) is 1. The van der Waals surface area contributed by atoms with Crippen LogP contribution < -0.4 is 9.46 Å². The molecule has 9 nitrogen and oxygen atoms in total. The van der Waals surface area contributed by atoms with Crippen LogP contribution in [0.15, 0.2) is 47.5 Å². The Bertz CT molecular complexity index is 1160. The molecule has 2 N–H and O–H groups in total. The minimum atomic E-state index is -3.87. The number of pyridine rings is 1. The van der Waals surface area contributed by atoms with Crippen LogP contribution in [0, 0.1) is 5.41 Å². The molecule has 1 aromatic heterocycles. The Kier molecular flexibility index (Phi) is 7.99. The van der Waals surface area contributed by atoms with Crippen molar-refractivity contribution in [2.75, 3.05) is 46.4 Å². The van der Waals surface area contributed by atoms with Crippen LogP contribution >= 0.6 is 0 Å². The Balaban J connectivity index is 1.61. The maximum Gasteiger partial charge on any atom is 0.272 e. The van der Waals surface area contributed by atoms with E-state index in [2.05, 4.69) is 9.71 Å². The molecule has 0 bridgehead atoms. The van der Waals surface area contributed by atoms with Crippen LogP contribution in [0.1, 0.15) is 48.7 Å². The highest BCUT2D eigenvalue weighted by atomic mass is 32.2. The zero-order chi connectivity index (χ0) is 25.9. The van der Waals surface area contributed by atoms with Gasteiger partial charge in [0.05, 0.1) is 12.7 Å². The van der Waals surface area contributed by atoms with Gasteiger partial charge in [-0.3, -0.25) is 9.78 Å². The quantitative estimate of drug-likeness (QED) is 0.629. The predicted molar refractivity (Wildman–Crippen MR) is 137 cm³/mol. The standard InChI is InChI=1S/C26H36N4O5S/c1-19(2)20-7-8-24-23(14-20)35-18-26(17-29(3)16-21(31)15-28-36(24,33)34)9-12-30(13-10-26)25(32)22-6-4-5-11-27-22/h4-8,11,14,19,21,28,31H,9-10,12-13,15-18H2,1-3H3. The Morgan fingerprint density at radius 1 is 1.22 bits per heavy atom. The lowest BCUT2D eigenvalue weighted by Crippen LogP contribution is -2.51. The smallest absolute Gasteiger partial charge is 0.272 e. The van der Waals surface area contributed by atoms with Gasteiger partial charge in [0.25, 0.3) is 5.91 Å². The molecular formula is C26H36N4O5S. The number of piperidine rings is 1. The molecule has 196 valence electrons. The fourth-order valence-electron chi connectivity index (χ4n) is 4.98. The number of aromatic nitrogens is 1. The van der Waals surface area contributed by atoms with E-state index in [0.717, 1.165) is 5.56 Å². The number of likely N-dealkylation sites (tertiary alicyclic amines) is 1. The van der Waals surface area contributed by atoms with Crippen LogP contribution in [-0.4, -0.2) is 86.7 Å². The van der Waals surface area contributed by atoms with Crippen LogP contribution in [0.25, 0.3) is 0 Å². The fourth-order valence-corrected chi connectivity index (χ4v) is 6.18. The van der Waals surface area contributed by atoms with Gasteiger partial charge in [-0.2, -0.15) is 0 Å². The predicted octanol–water partition coefficient (Wildman–Crippen LogP) is 2.09. The fraction of sp³-hybridized carbons (Fsp3) is 0.538. The van der Waals surface area contributed by atoms with E-state index in [9.17, 15) is 18.3 Å². The number of nitrogens with zero attached hydrogens (tertiary/aromatic N) is 3. The third-order valence-corrected chi connectivity index (χ3v) is 8.55. The van der Waals surface area contributed by atoms with Crippen molar-refractivity contribution in [3.63, 3.8) is 0 Å². The molecule has 36 heavy (non-hydrogen) atoms. The minimum absolute atomic E-state index is 0.0749. The minimum Gasteiger partial charge on any atom is -0.492 e. The third-order valence-electron chi connectivity index (χ3n) is 7.09. The van der Waals surface area contributed by atoms with Crippen molar-refractivity contribution in [2.24, 2.45) is 5.41 Å². The number of aliphatic hydroxyl groups excluding tert-OH is 1. The van der Waals surface area contributed by atoms with Crippen LogP contribution in [0.2, 0.25) is 0 Å². The highest BCUT2D eigenvalue weighted by molar-refractivity contribution is 7.89. The molecule has 1 unspecified atom stereocenters. The van der Waals surface area contributed by atoms with Crippen LogP contribution in [0.5, 0.6) is 5.75 Å². The summed E-state index contributed by atoms with van der Waals surface area (Å²) in [4.78, 5) is 21.0. The molecule has 0 aliphatic carbocycles. The lowest BCUT2D eigenvalue weighted by atomic mass is 9.78. The number of hydrogen-bond donors (Lipinski definition) is 2. The molecule has 2 aliphatic heterocycles. The number of nitrogens with one attached hydrogen (secondary N) is 1. The molecule has 1 spiro atoms. The SMILES string of the molecule is CC(C)c1ccc2c(c1)OCC1(CCN(C(=O)c3ccccn3)CC1)CN(C)CC(O)CNS2(=O)=O. The van der Waals surface area contributed by atoms with E-state index in [1.54, 1.807) is 42.6 Å². The van der Waals surface area contributed by atoms with Crippen LogP contribution in [-0.2, 0) is 10.0 Å². The van der Waals surface area contributed by atoms with Gasteiger partial charge in [-0.1, -0.05) is 26.0 Å². The first-order valence-electron chi connectivity index (χ1n) is 12.4. The highest BCUT2D eigenvalue weighted by Gasteiger charge is 2.39. The normalized spacial score (nSPS) is 22.8. The van der Waals surface area contributed by atoms with E-state index in [0.29, 0.717) is 57.1 Å². The zero-order valence-electron chi connectivity index (χ0n) is 21.2. The lowest BCUT2D eigenvalue weighted by molar-refractivity contribution is 0.0157. The summed E-state index contributed by atoms with van der Waals surface area (Å²) in [5.41, 5.74) is 1.10. The summed E-state index contributed by atoms with van der Waals surface area (Å²) < 4.78 is 35.0. The number of likely N-dealkylation sites (N-methyl/N-ethyl adjacent to an activating group) is 1. The second-order valence-corrected chi connectivity index (χ2v) is 12.1. The number of rotatable bonds is 2. The molecule has 1 saturated heterocycles. The first-order valence-corrected chi connectivity index (χ1v) is 13.9. The first kappa shape index (κ1) is 26.5. The topological polar surface area (TPSA) is 112 Å². The second kappa shape index (κ2) is 10.8. The van der Waals surface area contributed by atoms with Gasteiger partial charge in [-0.25, -0.2) is 13.1 Å². The molecule has 1 fully saturated rings. The van der Waals surface area contributed by atoms with E-state index >= 15 is 0 Å². The summed E-state index contributed by atoms with van der Waals surface area (Å²) in [5.74, 6) is 0.434. The van der Waals surface area contributed by atoms with E-state index < -0.39 is 16.1 Å². The molecular weight excluding hydrogens is 480 g/mol. The van der Waals surface area contributed by atoms with Crippen molar-refractivity contribution in [3.05, 3.63) is 53.9 Å². The van der Waals surface area contributed by atoms with E-state index in [-0.39, 0.29) is 28.7 Å². The van der Waals surface area contributed by atoms with E-state index in [4.69, 9.17) is 4.74 Å². The molecule has 0 radical (unpaired) electrons. The van der Waals surface area contributed by atoms with Gasteiger partial charge in [-0.15, -0.1) is 0 Å². The van der Waals surface area contributed by atoms with Crippen molar-refractivity contribution in [1.82, 2.24) is 19.5 Å². The number of hydrogen-bond acceptors (Lipinski definition) is 7. The summed E-state index contributed by atoms with van der Waals surface area (Å²) in [7, 11) is -1.95. The molecule has 4 rings (SSSR count). The summed E-state index contributed by atoms with van der Waals surface area (Å²) in [6.45, 7) is 6.39.